The number of pyridine rings is 1. The molecule has 0 aliphatic heterocycles. The molecule has 1 atom stereocenters. The van der Waals surface area contributed by atoms with Crippen LogP contribution in [0.4, 0.5) is 13.2 Å². The van der Waals surface area contributed by atoms with Crippen molar-refractivity contribution in [3.63, 3.8) is 0 Å². The number of rotatable bonds is 7. The number of alkyl halides is 3. The van der Waals surface area contributed by atoms with Gasteiger partial charge in [0.25, 0.3) is 5.56 Å². The molecule has 0 saturated carbocycles. The summed E-state index contributed by atoms with van der Waals surface area (Å²) in [6.45, 7) is 0.316. The predicted octanol–water partition coefficient (Wildman–Crippen LogP) is 5.05. The smallest absolute Gasteiger partial charge is 0.406 e. The molecule has 1 aromatic heterocycles. The zero-order valence-electron chi connectivity index (χ0n) is 16.1. The first kappa shape index (κ1) is 22.8. The van der Waals surface area contributed by atoms with E-state index in [2.05, 4.69) is 20.7 Å². The minimum absolute atomic E-state index is 0.0378. The van der Waals surface area contributed by atoms with Gasteiger partial charge in [0.1, 0.15) is 5.75 Å². The molecule has 5 nitrogen and oxygen atoms in total. The van der Waals surface area contributed by atoms with Gasteiger partial charge in [0.2, 0.25) is 0 Å². The van der Waals surface area contributed by atoms with Gasteiger partial charge in [0.05, 0.1) is 12.6 Å². The van der Waals surface area contributed by atoms with E-state index in [4.69, 9.17) is 5.41 Å². The Morgan fingerprint density at radius 3 is 2.48 bits per heavy atom. The average Bonchev–Trinajstić information content (AvgIpc) is 2.69. The molecule has 1 heterocycles. The summed E-state index contributed by atoms with van der Waals surface area (Å²) in [5, 5.41) is 18.7. The van der Waals surface area contributed by atoms with E-state index in [9.17, 15) is 23.1 Å². The summed E-state index contributed by atoms with van der Waals surface area (Å²) in [6.07, 6.45) is -4.38. The predicted molar refractivity (Wildman–Crippen MR) is 113 cm³/mol. The normalized spacial score (nSPS) is 12.4. The molecule has 2 aromatic carbocycles. The quantitative estimate of drug-likeness (QED) is 0.451. The highest BCUT2D eigenvalue weighted by atomic mass is 79.9. The monoisotopic (exact) mass is 494 g/mol. The SMILES string of the molecule is N=C(CC(O)c1ccc(=O)n(Cc2cccc(Br)c2)c1)c1ccc(OC(F)(F)F)cc1. The molecule has 9 heteroatoms. The van der Waals surface area contributed by atoms with Gasteiger partial charge >= 0.3 is 6.36 Å². The Morgan fingerprint density at radius 1 is 1.13 bits per heavy atom. The van der Waals surface area contributed by atoms with Crippen molar-refractivity contribution in [2.45, 2.75) is 25.4 Å². The lowest BCUT2D eigenvalue weighted by atomic mass is 10.0. The van der Waals surface area contributed by atoms with Gasteiger partial charge in [-0.25, -0.2) is 0 Å². The van der Waals surface area contributed by atoms with Crippen molar-refractivity contribution < 1.29 is 23.0 Å². The molecule has 0 bridgehead atoms. The van der Waals surface area contributed by atoms with Crippen LogP contribution in [0.15, 0.2) is 76.1 Å². The maximum Gasteiger partial charge on any atom is 0.573 e. The summed E-state index contributed by atoms with van der Waals surface area (Å²) in [4.78, 5) is 12.2. The molecule has 0 aliphatic carbocycles. The molecule has 0 spiro atoms. The highest BCUT2D eigenvalue weighted by Gasteiger charge is 2.31. The fourth-order valence-electron chi connectivity index (χ4n) is 2.99. The first-order valence-corrected chi connectivity index (χ1v) is 9.96. The first-order chi connectivity index (χ1) is 14.6. The summed E-state index contributed by atoms with van der Waals surface area (Å²) < 4.78 is 42.9. The minimum atomic E-state index is -4.79. The highest BCUT2D eigenvalue weighted by molar-refractivity contribution is 9.10. The van der Waals surface area contributed by atoms with Crippen molar-refractivity contribution >= 4 is 21.6 Å². The molecule has 2 N–H and O–H groups in total. The number of hydrogen-bond acceptors (Lipinski definition) is 4. The molecule has 0 fully saturated rings. The second-order valence-electron chi connectivity index (χ2n) is 6.83. The van der Waals surface area contributed by atoms with Crippen LogP contribution in [0.2, 0.25) is 0 Å². The number of halogens is 4. The molecule has 162 valence electrons. The third kappa shape index (κ3) is 6.53. The van der Waals surface area contributed by atoms with E-state index in [1.165, 1.54) is 28.8 Å². The van der Waals surface area contributed by atoms with Crippen molar-refractivity contribution in [1.82, 2.24) is 4.57 Å². The Labute approximate surface area is 184 Å². The van der Waals surface area contributed by atoms with Gasteiger partial charge in [0.15, 0.2) is 0 Å². The Hall–Kier alpha value is -2.91. The average molecular weight is 495 g/mol. The van der Waals surface area contributed by atoms with E-state index in [0.717, 1.165) is 22.2 Å². The highest BCUT2D eigenvalue weighted by Crippen LogP contribution is 2.24. The van der Waals surface area contributed by atoms with E-state index in [0.29, 0.717) is 17.7 Å². The summed E-state index contributed by atoms with van der Waals surface area (Å²) >= 11 is 3.39. The molecule has 31 heavy (non-hydrogen) atoms. The van der Waals surface area contributed by atoms with Gasteiger partial charge in [-0.1, -0.05) is 28.1 Å². The Kier molecular flexibility index (Phi) is 6.97. The van der Waals surface area contributed by atoms with E-state index in [1.807, 2.05) is 24.3 Å². The van der Waals surface area contributed by atoms with Crippen LogP contribution in [0.1, 0.15) is 29.2 Å². The summed E-state index contributed by atoms with van der Waals surface area (Å²) in [6, 6.07) is 15.2. The van der Waals surface area contributed by atoms with E-state index >= 15 is 0 Å². The second kappa shape index (κ2) is 9.49. The van der Waals surface area contributed by atoms with Crippen LogP contribution in [0.3, 0.4) is 0 Å². The van der Waals surface area contributed by atoms with Crippen LogP contribution >= 0.6 is 15.9 Å². The third-order valence-corrected chi connectivity index (χ3v) is 4.96. The first-order valence-electron chi connectivity index (χ1n) is 9.17. The van der Waals surface area contributed by atoms with E-state index < -0.39 is 12.5 Å². The number of aromatic nitrogens is 1. The molecular weight excluding hydrogens is 477 g/mol. The fourth-order valence-corrected chi connectivity index (χ4v) is 3.44. The van der Waals surface area contributed by atoms with Crippen molar-refractivity contribution in [3.05, 3.63) is 98.4 Å². The van der Waals surface area contributed by atoms with Crippen LogP contribution < -0.4 is 10.3 Å². The molecule has 0 aliphatic rings. The molecule has 3 rings (SSSR count). The van der Waals surface area contributed by atoms with Gasteiger partial charge in [-0.15, -0.1) is 13.2 Å². The summed E-state index contributed by atoms with van der Waals surface area (Å²) in [5.41, 5.74) is 1.52. The summed E-state index contributed by atoms with van der Waals surface area (Å²) in [5.74, 6) is -0.385. The summed E-state index contributed by atoms with van der Waals surface area (Å²) in [7, 11) is 0. The van der Waals surface area contributed by atoms with Crippen molar-refractivity contribution in [3.8, 4) is 5.75 Å². The van der Waals surface area contributed by atoms with Crippen LogP contribution in [-0.2, 0) is 6.54 Å². The van der Waals surface area contributed by atoms with E-state index in [1.54, 1.807) is 6.20 Å². The number of nitrogens with one attached hydrogen (secondary N) is 1. The lowest BCUT2D eigenvalue weighted by Gasteiger charge is -2.15. The molecule has 0 saturated heterocycles. The molecule has 0 amide bonds. The number of aliphatic hydroxyl groups excluding tert-OH is 1. The minimum Gasteiger partial charge on any atom is -0.406 e. The molecule has 1 unspecified atom stereocenters. The number of ether oxygens (including phenoxy) is 1. The van der Waals surface area contributed by atoms with Gasteiger partial charge < -0.3 is 19.8 Å². The lowest BCUT2D eigenvalue weighted by molar-refractivity contribution is -0.274. The van der Waals surface area contributed by atoms with Gasteiger partial charge in [-0.2, -0.15) is 0 Å². The fraction of sp³-hybridized carbons (Fsp3) is 0.182. The van der Waals surface area contributed by atoms with Crippen LogP contribution in [0.5, 0.6) is 5.75 Å². The van der Waals surface area contributed by atoms with Gasteiger partial charge in [0, 0.05) is 28.9 Å². The van der Waals surface area contributed by atoms with Crippen LogP contribution in [0.25, 0.3) is 0 Å². The largest absolute Gasteiger partial charge is 0.573 e. The van der Waals surface area contributed by atoms with Crippen molar-refractivity contribution in [2.75, 3.05) is 0 Å². The number of nitrogens with zero attached hydrogens (tertiary/aromatic N) is 1. The Balaban J connectivity index is 1.70. The maximum atomic E-state index is 12.3. The topological polar surface area (TPSA) is 75.3 Å². The maximum absolute atomic E-state index is 12.3. The van der Waals surface area contributed by atoms with E-state index in [-0.39, 0.29) is 23.4 Å². The lowest BCUT2D eigenvalue weighted by Crippen LogP contribution is -2.21. The van der Waals surface area contributed by atoms with Crippen LogP contribution in [-0.4, -0.2) is 21.7 Å². The molecule has 3 aromatic rings. The zero-order valence-corrected chi connectivity index (χ0v) is 17.7. The third-order valence-electron chi connectivity index (χ3n) is 4.47. The Bertz CT molecular complexity index is 1130. The number of hydrogen-bond donors (Lipinski definition) is 2. The molecule has 0 radical (unpaired) electrons. The standard InChI is InChI=1S/C22H18BrF3N2O3/c23-17-3-1-2-14(10-17)12-28-13-16(6-9-21(28)30)20(29)11-19(27)15-4-7-18(8-5-15)31-22(24,25)26/h1-10,13,20,27,29H,11-12H2. The van der Waals surface area contributed by atoms with Crippen LogP contribution in [0, 0.1) is 5.41 Å². The number of aliphatic hydroxyl groups is 1. The van der Waals surface area contributed by atoms with Crippen molar-refractivity contribution in [1.29, 1.82) is 5.41 Å². The number of benzene rings is 2. The van der Waals surface area contributed by atoms with Gasteiger partial charge in [-0.05, 0) is 59.2 Å². The Morgan fingerprint density at radius 2 is 1.84 bits per heavy atom. The zero-order chi connectivity index (χ0) is 22.6. The molecular formula is C22H18BrF3N2O3. The second-order valence-corrected chi connectivity index (χ2v) is 7.74. The van der Waals surface area contributed by atoms with Gasteiger partial charge in [-0.3, -0.25) is 4.79 Å². The van der Waals surface area contributed by atoms with Crippen molar-refractivity contribution in [2.24, 2.45) is 0 Å².